The summed E-state index contributed by atoms with van der Waals surface area (Å²) in [6.45, 7) is 7.35. The maximum absolute atomic E-state index is 11.9. The Kier molecular flexibility index (Phi) is 5.22. The van der Waals surface area contributed by atoms with Gasteiger partial charge >= 0.3 is 17.9 Å². The van der Waals surface area contributed by atoms with Crippen LogP contribution in [0.3, 0.4) is 0 Å². The van der Waals surface area contributed by atoms with Crippen LogP contribution in [0.5, 0.6) is 0 Å². The lowest BCUT2D eigenvalue weighted by atomic mass is 9.44. The Morgan fingerprint density at radius 2 is 1.43 bits per heavy atom. The first-order chi connectivity index (χ1) is 14.0. The second-order valence-electron chi connectivity index (χ2n) is 11.0. The number of carboxylic acid groups (broad SMARTS) is 1. The SMILES string of the molecule is CC(=O)OC1(OC(C)=O)CC[C@@]2(C)C(CC[C@@H]3[C@H]2CC[C@]2(C)C(C(=O)O)CC[C@@H]32)C1. The fourth-order valence-corrected chi connectivity index (χ4v) is 8.33. The van der Waals surface area contributed by atoms with Gasteiger partial charge in [0.2, 0.25) is 0 Å². The van der Waals surface area contributed by atoms with E-state index in [0.717, 1.165) is 44.9 Å². The second kappa shape index (κ2) is 7.23. The number of fused-ring (bicyclic) bond motifs is 5. The van der Waals surface area contributed by atoms with Crippen LogP contribution >= 0.6 is 0 Å². The van der Waals surface area contributed by atoms with Gasteiger partial charge in [-0.1, -0.05) is 13.8 Å². The number of aliphatic carboxylic acids is 1. The van der Waals surface area contributed by atoms with Gasteiger partial charge in [0.15, 0.2) is 0 Å². The van der Waals surface area contributed by atoms with Crippen LogP contribution in [0.1, 0.15) is 85.5 Å². The van der Waals surface area contributed by atoms with Gasteiger partial charge in [-0.15, -0.1) is 0 Å². The summed E-state index contributed by atoms with van der Waals surface area (Å²) in [5.74, 6) is -0.806. The average molecular weight is 421 g/mol. The van der Waals surface area contributed by atoms with Crippen LogP contribution in [-0.4, -0.2) is 28.8 Å². The number of carbonyl (C=O) groups excluding carboxylic acids is 2. The fraction of sp³-hybridized carbons (Fsp3) is 0.875. The van der Waals surface area contributed by atoms with E-state index in [9.17, 15) is 19.5 Å². The molecule has 6 heteroatoms. The van der Waals surface area contributed by atoms with Crippen LogP contribution in [-0.2, 0) is 23.9 Å². The molecule has 0 heterocycles. The third-order valence-corrected chi connectivity index (χ3v) is 9.62. The topological polar surface area (TPSA) is 89.9 Å². The second-order valence-corrected chi connectivity index (χ2v) is 11.0. The summed E-state index contributed by atoms with van der Waals surface area (Å²) in [4.78, 5) is 35.4. The molecule has 7 atom stereocenters. The van der Waals surface area contributed by atoms with Gasteiger partial charge in [0.05, 0.1) is 5.92 Å². The molecule has 0 amide bonds. The maximum Gasteiger partial charge on any atom is 0.307 e. The molecule has 4 fully saturated rings. The minimum Gasteiger partial charge on any atom is -0.481 e. The lowest BCUT2D eigenvalue weighted by Crippen LogP contribution is -2.57. The fourth-order valence-electron chi connectivity index (χ4n) is 8.33. The van der Waals surface area contributed by atoms with E-state index in [1.54, 1.807) is 0 Å². The first-order valence-corrected chi connectivity index (χ1v) is 11.6. The Morgan fingerprint density at radius 1 is 0.800 bits per heavy atom. The van der Waals surface area contributed by atoms with Crippen molar-refractivity contribution in [3.05, 3.63) is 0 Å². The van der Waals surface area contributed by atoms with Crippen molar-refractivity contribution in [2.45, 2.75) is 91.3 Å². The Hall–Kier alpha value is -1.59. The lowest BCUT2D eigenvalue weighted by molar-refractivity contribution is -0.261. The number of carboxylic acids is 1. The molecule has 0 bridgehead atoms. The molecule has 0 radical (unpaired) electrons. The molecule has 1 N–H and O–H groups in total. The van der Waals surface area contributed by atoms with Crippen LogP contribution in [0.4, 0.5) is 0 Å². The molecule has 0 aliphatic heterocycles. The van der Waals surface area contributed by atoms with Crippen molar-refractivity contribution in [1.29, 1.82) is 0 Å². The minimum atomic E-state index is -1.13. The summed E-state index contributed by atoms with van der Waals surface area (Å²) in [6.07, 6.45) is 7.99. The van der Waals surface area contributed by atoms with Crippen LogP contribution in [0, 0.1) is 40.4 Å². The normalized spacial score (nSPS) is 44.2. The van der Waals surface area contributed by atoms with E-state index in [-0.39, 0.29) is 16.7 Å². The van der Waals surface area contributed by atoms with Gasteiger partial charge in [-0.25, -0.2) is 0 Å². The summed E-state index contributed by atoms with van der Waals surface area (Å²) in [7, 11) is 0. The molecule has 0 aromatic carbocycles. The summed E-state index contributed by atoms with van der Waals surface area (Å²) < 4.78 is 11.2. The Balaban J connectivity index is 1.57. The Labute approximate surface area is 179 Å². The predicted octanol–water partition coefficient (Wildman–Crippen LogP) is 4.55. The molecule has 4 aliphatic carbocycles. The van der Waals surface area contributed by atoms with Crippen LogP contribution in [0.25, 0.3) is 0 Å². The molecule has 0 spiro atoms. The van der Waals surface area contributed by atoms with Gasteiger partial charge < -0.3 is 14.6 Å². The maximum atomic E-state index is 11.9. The van der Waals surface area contributed by atoms with E-state index in [4.69, 9.17) is 9.47 Å². The number of hydrogen-bond acceptors (Lipinski definition) is 5. The Bertz CT molecular complexity index is 730. The van der Waals surface area contributed by atoms with Crippen molar-refractivity contribution < 1.29 is 29.0 Å². The van der Waals surface area contributed by atoms with E-state index >= 15 is 0 Å². The van der Waals surface area contributed by atoms with Crippen molar-refractivity contribution in [2.75, 3.05) is 0 Å². The van der Waals surface area contributed by atoms with Crippen molar-refractivity contribution in [1.82, 2.24) is 0 Å². The highest BCUT2D eigenvalue weighted by Gasteiger charge is 2.63. The molecule has 6 nitrogen and oxygen atoms in total. The predicted molar refractivity (Wildman–Crippen MR) is 109 cm³/mol. The summed E-state index contributed by atoms with van der Waals surface area (Å²) in [5, 5.41) is 9.77. The van der Waals surface area contributed by atoms with Crippen molar-refractivity contribution in [3.63, 3.8) is 0 Å². The van der Waals surface area contributed by atoms with Gasteiger partial charge in [0.25, 0.3) is 5.79 Å². The largest absolute Gasteiger partial charge is 0.481 e. The summed E-state index contributed by atoms with van der Waals surface area (Å²) in [6, 6.07) is 0. The highest BCUT2D eigenvalue weighted by Crippen LogP contribution is 2.68. The summed E-state index contributed by atoms with van der Waals surface area (Å²) in [5.41, 5.74) is 0.0411. The molecule has 168 valence electrons. The van der Waals surface area contributed by atoms with Crippen LogP contribution < -0.4 is 0 Å². The van der Waals surface area contributed by atoms with Crippen molar-refractivity contribution >= 4 is 17.9 Å². The smallest absolute Gasteiger partial charge is 0.307 e. The standard InChI is InChI=1S/C24H36O6/c1-14(25)29-24(30-15(2)26)12-11-22(3)16(13-24)5-6-17-18-7-8-20(21(27)28)23(18,4)10-9-19(17)22/h16-20H,5-13H2,1-4H3,(H,27,28)/t16?,17-,18-,19+,20?,22-,23-/m0/s1. The van der Waals surface area contributed by atoms with Gasteiger partial charge in [0, 0.05) is 26.7 Å². The third kappa shape index (κ3) is 3.25. The van der Waals surface area contributed by atoms with E-state index in [1.165, 1.54) is 13.8 Å². The zero-order chi connectivity index (χ0) is 21.9. The number of ether oxygens (including phenoxy) is 2. The van der Waals surface area contributed by atoms with Gasteiger partial charge in [-0.2, -0.15) is 0 Å². The molecule has 0 aromatic rings. The minimum absolute atomic E-state index is 0.0793. The number of hydrogen-bond donors (Lipinski definition) is 1. The molecule has 0 saturated heterocycles. The van der Waals surface area contributed by atoms with Gasteiger partial charge in [0.1, 0.15) is 0 Å². The lowest BCUT2D eigenvalue weighted by Gasteiger charge is -2.61. The quantitative estimate of drug-likeness (QED) is 0.532. The van der Waals surface area contributed by atoms with E-state index in [2.05, 4.69) is 13.8 Å². The van der Waals surface area contributed by atoms with Crippen molar-refractivity contribution in [3.8, 4) is 0 Å². The van der Waals surface area contributed by atoms with E-state index < -0.39 is 23.7 Å². The van der Waals surface area contributed by atoms with E-state index in [1.807, 2.05) is 0 Å². The Morgan fingerprint density at radius 3 is 2.03 bits per heavy atom. The van der Waals surface area contributed by atoms with Crippen LogP contribution in [0.2, 0.25) is 0 Å². The number of carbonyl (C=O) groups is 3. The number of rotatable bonds is 3. The zero-order valence-electron chi connectivity index (χ0n) is 18.7. The first kappa shape index (κ1) is 21.6. The molecule has 30 heavy (non-hydrogen) atoms. The molecule has 4 rings (SSSR count). The molecular weight excluding hydrogens is 384 g/mol. The zero-order valence-corrected chi connectivity index (χ0v) is 18.7. The van der Waals surface area contributed by atoms with Crippen LogP contribution in [0.15, 0.2) is 0 Å². The first-order valence-electron chi connectivity index (χ1n) is 11.6. The molecular formula is C24H36O6. The molecule has 4 saturated carbocycles. The number of esters is 2. The van der Waals surface area contributed by atoms with Gasteiger partial charge in [-0.3, -0.25) is 14.4 Å². The highest BCUT2D eigenvalue weighted by atomic mass is 16.7. The molecule has 2 unspecified atom stereocenters. The highest BCUT2D eigenvalue weighted by molar-refractivity contribution is 5.71. The third-order valence-electron chi connectivity index (χ3n) is 9.62. The monoisotopic (exact) mass is 420 g/mol. The van der Waals surface area contributed by atoms with E-state index in [0.29, 0.717) is 36.5 Å². The summed E-state index contributed by atoms with van der Waals surface area (Å²) >= 11 is 0. The van der Waals surface area contributed by atoms with Crippen molar-refractivity contribution in [2.24, 2.45) is 40.4 Å². The molecule has 4 aliphatic rings. The van der Waals surface area contributed by atoms with Gasteiger partial charge in [-0.05, 0) is 79.4 Å². The molecule has 0 aromatic heterocycles. The average Bonchev–Trinajstić information content (AvgIpc) is 2.98.